The van der Waals surface area contributed by atoms with Gasteiger partial charge in [0.15, 0.2) is 0 Å². The zero-order chi connectivity index (χ0) is 14.2. The van der Waals surface area contributed by atoms with Gasteiger partial charge < -0.3 is 9.47 Å². The number of hydrogen-bond acceptors (Lipinski definition) is 4. The first-order valence-electron chi connectivity index (χ1n) is 6.98. The average Bonchev–Trinajstić information content (AvgIpc) is 3.00. The quantitative estimate of drug-likeness (QED) is 0.590. The van der Waals surface area contributed by atoms with E-state index in [1.54, 1.807) is 24.3 Å². The second-order valence-electron chi connectivity index (χ2n) is 4.81. The Labute approximate surface area is 120 Å². The predicted octanol–water partition coefficient (Wildman–Crippen LogP) is 2.50. The number of benzene rings is 1. The van der Waals surface area contributed by atoms with Gasteiger partial charge in [0, 0.05) is 6.54 Å². The van der Waals surface area contributed by atoms with Crippen LogP contribution in [0.3, 0.4) is 0 Å². The van der Waals surface area contributed by atoms with Crippen LogP contribution >= 0.6 is 0 Å². The maximum absolute atomic E-state index is 11.3. The number of hydrogen-bond donors (Lipinski definition) is 0. The second-order valence-corrected chi connectivity index (χ2v) is 4.81. The van der Waals surface area contributed by atoms with Crippen LogP contribution < -0.4 is 4.74 Å². The third kappa shape index (κ3) is 4.38. The van der Waals surface area contributed by atoms with Crippen molar-refractivity contribution in [3.63, 3.8) is 0 Å². The van der Waals surface area contributed by atoms with Gasteiger partial charge in [0.05, 0.1) is 12.7 Å². The SMILES string of the molecule is COC(=O)c1ccc(OC/C=C/CN2CCCC2)cc1. The topological polar surface area (TPSA) is 38.8 Å². The molecule has 0 bridgehead atoms. The van der Waals surface area contributed by atoms with Crippen molar-refractivity contribution in [3.8, 4) is 5.75 Å². The molecule has 0 unspecified atom stereocenters. The van der Waals surface area contributed by atoms with Gasteiger partial charge in [-0.2, -0.15) is 0 Å². The molecule has 0 saturated carbocycles. The smallest absolute Gasteiger partial charge is 0.337 e. The molecule has 4 heteroatoms. The number of ether oxygens (including phenoxy) is 2. The van der Waals surface area contributed by atoms with Gasteiger partial charge in [-0.15, -0.1) is 0 Å². The number of carbonyl (C=O) groups is 1. The van der Waals surface area contributed by atoms with Gasteiger partial charge in [0.25, 0.3) is 0 Å². The van der Waals surface area contributed by atoms with Crippen molar-refractivity contribution in [1.29, 1.82) is 0 Å². The molecule has 0 N–H and O–H groups in total. The van der Waals surface area contributed by atoms with Crippen molar-refractivity contribution in [2.24, 2.45) is 0 Å². The molecule has 0 spiro atoms. The van der Waals surface area contributed by atoms with Crippen molar-refractivity contribution in [1.82, 2.24) is 4.90 Å². The molecule has 1 aliphatic rings. The van der Waals surface area contributed by atoms with Crippen LogP contribution in [0, 0.1) is 0 Å². The summed E-state index contributed by atoms with van der Waals surface area (Å²) in [7, 11) is 1.37. The van der Waals surface area contributed by atoms with E-state index < -0.39 is 0 Å². The van der Waals surface area contributed by atoms with Crippen molar-refractivity contribution in [2.75, 3.05) is 33.4 Å². The Morgan fingerprint density at radius 2 is 1.90 bits per heavy atom. The molecular weight excluding hydrogens is 254 g/mol. The molecule has 2 rings (SSSR count). The maximum Gasteiger partial charge on any atom is 0.337 e. The lowest BCUT2D eigenvalue weighted by atomic mass is 10.2. The summed E-state index contributed by atoms with van der Waals surface area (Å²) >= 11 is 0. The molecule has 0 aromatic heterocycles. The summed E-state index contributed by atoms with van der Waals surface area (Å²) in [5, 5.41) is 0. The van der Waals surface area contributed by atoms with E-state index in [2.05, 4.69) is 15.7 Å². The van der Waals surface area contributed by atoms with E-state index in [4.69, 9.17) is 4.74 Å². The first-order chi connectivity index (χ1) is 9.79. The Morgan fingerprint density at radius 1 is 1.20 bits per heavy atom. The van der Waals surface area contributed by atoms with E-state index in [0.29, 0.717) is 12.2 Å². The Bertz CT molecular complexity index is 447. The van der Waals surface area contributed by atoms with Crippen LogP contribution in [0.25, 0.3) is 0 Å². The summed E-state index contributed by atoms with van der Waals surface area (Å²) < 4.78 is 10.2. The number of nitrogens with zero attached hydrogens (tertiary/aromatic N) is 1. The first kappa shape index (κ1) is 14.6. The third-order valence-corrected chi connectivity index (χ3v) is 3.35. The van der Waals surface area contributed by atoms with Gasteiger partial charge in [-0.1, -0.05) is 12.2 Å². The highest BCUT2D eigenvalue weighted by atomic mass is 16.5. The molecule has 1 aliphatic heterocycles. The molecule has 1 saturated heterocycles. The van der Waals surface area contributed by atoms with Gasteiger partial charge in [-0.05, 0) is 50.2 Å². The van der Waals surface area contributed by atoms with Crippen LogP contribution in [0.5, 0.6) is 5.75 Å². The van der Waals surface area contributed by atoms with Crippen LogP contribution in [-0.2, 0) is 4.74 Å². The van der Waals surface area contributed by atoms with E-state index in [9.17, 15) is 4.79 Å². The fourth-order valence-electron chi connectivity index (χ4n) is 2.21. The zero-order valence-corrected chi connectivity index (χ0v) is 11.9. The van der Waals surface area contributed by atoms with Gasteiger partial charge in [0.2, 0.25) is 0 Å². The van der Waals surface area contributed by atoms with Gasteiger partial charge in [0.1, 0.15) is 12.4 Å². The fourth-order valence-corrected chi connectivity index (χ4v) is 2.21. The molecule has 1 aromatic carbocycles. The largest absolute Gasteiger partial charge is 0.490 e. The monoisotopic (exact) mass is 275 g/mol. The Morgan fingerprint density at radius 3 is 2.55 bits per heavy atom. The molecule has 108 valence electrons. The Kier molecular flexibility index (Phi) is 5.62. The summed E-state index contributed by atoms with van der Waals surface area (Å²) in [6, 6.07) is 6.96. The lowest BCUT2D eigenvalue weighted by Crippen LogP contribution is -2.18. The lowest BCUT2D eigenvalue weighted by Gasteiger charge is -2.10. The molecule has 1 heterocycles. The predicted molar refractivity (Wildman–Crippen MR) is 78.1 cm³/mol. The summed E-state index contributed by atoms with van der Waals surface area (Å²) in [6.45, 7) is 3.97. The minimum absolute atomic E-state index is 0.331. The van der Waals surface area contributed by atoms with Gasteiger partial charge in [-0.3, -0.25) is 4.90 Å². The van der Waals surface area contributed by atoms with Crippen LogP contribution in [0.4, 0.5) is 0 Å². The molecule has 0 atom stereocenters. The second kappa shape index (κ2) is 7.70. The maximum atomic E-state index is 11.3. The molecule has 0 amide bonds. The number of methoxy groups -OCH3 is 1. The molecule has 1 aromatic rings. The minimum atomic E-state index is -0.331. The van der Waals surface area contributed by atoms with Crippen molar-refractivity contribution >= 4 is 5.97 Å². The van der Waals surface area contributed by atoms with Crippen LogP contribution in [0.15, 0.2) is 36.4 Å². The van der Waals surface area contributed by atoms with Crippen LogP contribution in [0.2, 0.25) is 0 Å². The van der Waals surface area contributed by atoms with Crippen molar-refractivity contribution in [3.05, 3.63) is 42.0 Å². The molecule has 20 heavy (non-hydrogen) atoms. The number of carbonyl (C=O) groups excluding carboxylic acids is 1. The van der Waals surface area contributed by atoms with Gasteiger partial charge >= 0.3 is 5.97 Å². The summed E-state index contributed by atoms with van der Waals surface area (Å²) in [5.74, 6) is 0.422. The molecule has 1 fully saturated rings. The number of likely N-dealkylation sites (tertiary alicyclic amines) is 1. The molecule has 0 radical (unpaired) electrons. The Hall–Kier alpha value is -1.81. The van der Waals surface area contributed by atoms with Crippen molar-refractivity contribution < 1.29 is 14.3 Å². The molecule has 0 aliphatic carbocycles. The lowest BCUT2D eigenvalue weighted by molar-refractivity contribution is 0.0600. The van der Waals surface area contributed by atoms with Crippen LogP contribution in [-0.4, -0.2) is 44.2 Å². The first-order valence-corrected chi connectivity index (χ1v) is 6.98. The minimum Gasteiger partial charge on any atom is -0.490 e. The Balaban J connectivity index is 1.70. The zero-order valence-electron chi connectivity index (χ0n) is 11.9. The standard InChI is InChI=1S/C16H21NO3/c1-19-16(18)14-6-8-15(9-7-14)20-13-5-4-12-17-10-2-3-11-17/h4-9H,2-3,10-13H2,1H3/b5-4+. The molecule has 4 nitrogen and oxygen atoms in total. The highest BCUT2D eigenvalue weighted by Crippen LogP contribution is 2.13. The summed E-state index contributed by atoms with van der Waals surface area (Å²) in [6.07, 6.45) is 6.81. The van der Waals surface area contributed by atoms with E-state index in [1.807, 2.05) is 6.08 Å². The van der Waals surface area contributed by atoms with Crippen LogP contribution in [0.1, 0.15) is 23.2 Å². The molecular formula is C16H21NO3. The highest BCUT2D eigenvalue weighted by Gasteiger charge is 2.08. The van der Waals surface area contributed by atoms with E-state index in [0.717, 1.165) is 12.3 Å². The normalized spacial score (nSPS) is 15.7. The summed E-state index contributed by atoms with van der Waals surface area (Å²) in [4.78, 5) is 13.7. The average molecular weight is 275 g/mol. The van der Waals surface area contributed by atoms with E-state index in [1.165, 1.54) is 33.0 Å². The number of rotatable bonds is 6. The van der Waals surface area contributed by atoms with Gasteiger partial charge in [-0.25, -0.2) is 4.79 Å². The highest BCUT2D eigenvalue weighted by molar-refractivity contribution is 5.89. The third-order valence-electron chi connectivity index (χ3n) is 3.35. The number of esters is 1. The fraction of sp³-hybridized carbons (Fsp3) is 0.438. The van der Waals surface area contributed by atoms with E-state index in [-0.39, 0.29) is 5.97 Å². The summed E-state index contributed by atoms with van der Waals surface area (Å²) in [5.41, 5.74) is 0.532. The van der Waals surface area contributed by atoms with Crippen molar-refractivity contribution in [2.45, 2.75) is 12.8 Å². The van der Waals surface area contributed by atoms with E-state index >= 15 is 0 Å².